The largest absolute Gasteiger partial charge is 0.409 e. The topological polar surface area (TPSA) is 88.8 Å². The van der Waals surface area contributed by atoms with Gasteiger partial charge in [-0.05, 0) is 18.2 Å². The molecule has 3 N–H and O–H groups in total. The van der Waals surface area contributed by atoms with Gasteiger partial charge in [0.1, 0.15) is 0 Å². The zero-order valence-electron chi connectivity index (χ0n) is 9.93. The lowest BCUT2D eigenvalue weighted by Gasteiger charge is -2.01. The van der Waals surface area contributed by atoms with E-state index < -0.39 is 0 Å². The van der Waals surface area contributed by atoms with Crippen LogP contribution in [0.15, 0.2) is 53.9 Å². The standard InChI is InChI=1S/C13H11N5O/c14-13(17-19)10-4-1-3-9(7-10)11-8-18-12(16-11)5-2-6-15-18/h1-8,19H,(H2,14,17). The van der Waals surface area contributed by atoms with Crippen LogP contribution in [0.3, 0.4) is 0 Å². The van der Waals surface area contributed by atoms with Gasteiger partial charge >= 0.3 is 0 Å². The third-order valence-electron chi connectivity index (χ3n) is 2.80. The number of amidine groups is 1. The Hall–Kier alpha value is -2.89. The number of hydrogen-bond donors (Lipinski definition) is 2. The maximum absolute atomic E-state index is 8.70. The Morgan fingerprint density at radius 3 is 2.95 bits per heavy atom. The molecule has 2 aromatic heterocycles. The molecule has 0 bridgehead atoms. The van der Waals surface area contributed by atoms with Crippen molar-refractivity contribution in [2.24, 2.45) is 10.9 Å². The molecule has 0 radical (unpaired) electrons. The molecule has 2 heterocycles. The van der Waals surface area contributed by atoms with Crippen LogP contribution in [0.1, 0.15) is 5.56 Å². The molecule has 0 amide bonds. The molecule has 0 spiro atoms. The van der Waals surface area contributed by atoms with E-state index in [1.165, 1.54) is 0 Å². The van der Waals surface area contributed by atoms with Crippen molar-refractivity contribution in [3.8, 4) is 11.3 Å². The highest BCUT2D eigenvalue weighted by Crippen LogP contribution is 2.19. The van der Waals surface area contributed by atoms with E-state index in [1.807, 2.05) is 36.5 Å². The van der Waals surface area contributed by atoms with Crippen molar-refractivity contribution in [2.45, 2.75) is 0 Å². The van der Waals surface area contributed by atoms with E-state index in [0.29, 0.717) is 5.56 Å². The van der Waals surface area contributed by atoms with Crippen molar-refractivity contribution in [3.63, 3.8) is 0 Å². The first-order valence-corrected chi connectivity index (χ1v) is 5.66. The quantitative estimate of drug-likeness (QED) is 0.313. The number of imidazole rings is 1. The molecule has 3 aromatic rings. The molecule has 6 heteroatoms. The molecule has 1 aromatic carbocycles. The predicted molar refractivity (Wildman–Crippen MR) is 70.9 cm³/mol. The zero-order valence-corrected chi connectivity index (χ0v) is 9.93. The fraction of sp³-hybridized carbons (Fsp3) is 0. The van der Waals surface area contributed by atoms with Crippen molar-refractivity contribution in [1.82, 2.24) is 14.6 Å². The third-order valence-corrected chi connectivity index (χ3v) is 2.80. The highest BCUT2D eigenvalue weighted by Gasteiger charge is 2.06. The fourth-order valence-corrected chi connectivity index (χ4v) is 1.87. The van der Waals surface area contributed by atoms with Crippen LogP contribution in [0.25, 0.3) is 16.9 Å². The van der Waals surface area contributed by atoms with Crippen molar-refractivity contribution in [1.29, 1.82) is 0 Å². The van der Waals surface area contributed by atoms with Crippen LogP contribution < -0.4 is 5.73 Å². The van der Waals surface area contributed by atoms with E-state index in [0.717, 1.165) is 16.9 Å². The number of aromatic nitrogens is 3. The summed E-state index contributed by atoms with van der Waals surface area (Å²) in [6.45, 7) is 0. The van der Waals surface area contributed by atoms with Gasteiger partial charge in [0, 0.05) is 17.3 Å². The van der Waals surface area contributed by atoms with Gasteiger partial charge in [0.25, 0.3) is 0 Å². The van der Waals surface area contributed by atoms with Crippen LogP contribution in [0.5, 0.6) is 0 Å². The van der Waals surface area contributed by atoms with Gasteiger partial charge in [0.2, 0.25) is 0 Å². The summed E-state index contributed by atoms with van der Waals surface area (Å²) in [5.74, 6) is 0.0729. The van der Waals surface area contributed by atoms with Crippen LogP contribution in [0.4, 0.5) is 0 Å². The van der Waals surface area contributed by atoms with Gasteiger partial charge in [-0.25, -0.2) is 9.50 Å². The summed E-state index contributed by atoms with van der Waals surface area (Å²) in [5.41, 5.74) is 8.66. The molecule has 6 nitrogen and oxygen atoms in total. The highest BCUT2D eigenvalue weighted by atomic mass is 16.4. The number of nitrogens with zero attached hydrogens (tertiary/aromatic N) is 4. The fourth-order valence-electron chi connectivity index (χ4n) is 1.87. The Balaban J connectivity index is 2.11. The van der Waals surface area contributed by atoms with Crippen LogP contribution >= 0.6 is 0 Å². The van der Waals surface area contributed by atoms with Gasteiger partial charge in [-0.3, -0.25) is 0 Å². The Kier molecular flexibility index (Phi) is 2.60. The monoisotopic (exact) mass is 253 g/mol. The van der Waals surface area contributed by atoms with Gasteiger partial charge < -0.3 is 10.9 Å². The van der Waals surface area contributed by atoms with Crippen LogP contribution in [-0.2, 0) is 0 Å². The SMILES string of the molecule is N/C(=N\O)c1cccc(-c2cn3ncccc3n2)c1. The van der Waals surface area contributed by atoms with Gasteiger partial charge in [-0.15, -0.1) is 0 Å². The molecule has 0 aliphatic carbocycles. The van der Waals surface area contributed by atoms with Crippen molar-refractivity contribution in [3.05, 3.63) is 54.4 Å². The van der Waals surface area contributed by atoms with E-state index in [1.54, 1.807) is 16.8 Å². The predicted octanol–water partition coefficient (Wildman–Crippen LogP) is 1.49. The first-order chi connectivity index (χ1) is 9.28. The van der Waals surface area contributed by atoms with Crippen molar-refractivity contribution < 1.29 is 5.21 Å². The maximum Gasteiger partial charge on any atom is 0.170 e. The van der Waals surface area contributed by atoms with Crippen LogP contribution in [0, 0.1) is 0 Å². The Morgan fingerprint density at radius 1 is 1.26 bits per heavy atom. The van der Waals surface area contributed by atoms with Gasteiger partial charge in [-0.1, -0.05) is 23.4 Å². The van der Waals surface area contributed by atoms with Crippen LogP contribution in [-0.4, -0.2) is 25.6 Å². The molecule has 0 atom stereocenters. The summed E-state index contributed by atoms with van der Waals surface area (Å²) in [6.07, 6.45) is 3.53. The summed E-state index contributed by atoms with van der Waals surface area (Å²) >= 11 is 0. The minimum Gasteiger partial charge on any atom is -0.409 e. The van der Waals surface area contributed by atoms with Gasteiger partial charge in [0.05, 0.1) is 11.9 Å². The molecule has 0 aliphatic rings. The lowest BCUT2D eigenvalue weighted by Crippen LogP contribution is -2.12. The van der Waals surface area contributed by atoms with E-state index >= 15 is 0 Å². The number of rotatable bonds is 2. The third kappa shape index (κ3) is 1.99. The first-order valence-electron chi connectivity index (χ1n) is 5.66. The van der Waals surface area contributed by atoms with E-state index in [-0.39, 0.29) is 5.84 Å². The number of fused-ring (bicyclic) bond motifs is 1. The molecule has 3 rings (SSSR count). The normalized spacial score (nSPS) is 11.9. The number of benzene rings is 1. The molecular weight excluding hydrogens is 242 g/mol. The summed E-state index contributed by atoms with van der Waals surface area (Å²) in [5, 5.41) is 15.9. The second-order valence-corrected chi connectivity index (χ2v) is 4.02. The van der Waals surface area contributed by atoms with Crippen LogP contribution in [0.2, 0.25) is 0 Å². The number of oxime groups is 1. The average Bonchev–Trinajstić information content (AvgIpc) is 2.90. The summed E-state index contributed by atoms with van der Waals surface area (Å²) in [4.78, 5) is 4.47. The van der Waals surface area contributed by atoms with E-state index in [9.17, 15) is 0 Å². The summed E-state index contributed by atoms with van der Waals surface area (Å²) < 4.78 is 1.70. The van der Waals surface area contributed by atoms with E-state index in [2.05, 4.69) is 15.2 Å². The smallest absolute Gasteiger partial charge is 0.170 e. The average molecular weight is 253 g/mol. The lowest BCUT2D eigenvalue weighted by molar-refractivity contribution is 0.318. The Morgan fingerprint density at radius 2 is 2.16 bits per heavy atom. The Labute approximate surface area is 108 Å². The molecule has 0 unspecified atom stereocenters. The van der Waals surface area contributed by atoms with Gasteiger partial charge in [0.15, 0.2) is 11.5 Å². The summed E-state index contributed by atoms with van der Waals surface area (Å²) in [6, 6.07) is 11.0. The summed E-state index contributed by atoms with van der Waals surface area (Å²) in [7, 11) is 0. The number of hydrogen-bond acceptors (Lipinski definition) is 4. The Bertz CT molecular complexity index is 729. The molecule has 0 saturated carbocycles. The maximum atomic E-state index is 8.70. The number of nitrogens with two attached hydrogens (primary N) is 1. The second kappa shape index (κ2) is 4.41. The first kappa shape index (κ1) is 11.2. The molecule has 94 valence electrons. The molecule has 0 aliphatic heterocycles. The van der Waals surface area contributed by atoms with Crippen molar-refractivity contribution in [2.75, 3.05) is 0 Å². The van der Waals surface area contributed by atoms with E-state index in [4.69, 9.17) is 10.9 Å². The van der Waals surface area contributed by atoms with Crippen molar-refractivity contribution >= 4 is 11.5 Å². The molecule has 0 saturated heterocycles. The molecular formula is C13H11N5O. The lowest BCUT2D eigenvalue weighted by atomic mass is 10.1. The molecule has 0 fully saturated rings. The molecule has 19 heavy (non-hydrogen) atoms. The second-order valence-electron chi connectivity index (χ2n) is 4.02. The minimum atomic E-state index is 0.0729. The highest BCUT2D eigenvalue weighted by molar-refractivity contribution is 5.98. The zero-order chi connectivity index (χ0) is 13.2. The minimum absolute atomic E-state index is 0.0729. The van der Waals surface area contributed by atoms with Gasteiger partial charge in [-0.2, -0.15) is 5.10 Å².